The van der Waals surface area contributed by atoms with E-state index in [0.717, 1.165) is 23.4 Å². The van der Waals surface area contributed by atoms with E-state index in [-0.39, 0.29) is 19.2 Å². The minimum atomic E-state index is -3.52. The minimum Gasteiger partial charge on any atom is -0.497 e. The zero-order chi connectivity index (χ0) is 18.4. The fraction of sp³-hybridized carbons (Fsp3) is 0.562. The third-order valence-corrected chi connectivity index (χ3v) is 5.12. The normalized spacial score (nSPS) is 17.5. The number of carbonyl (C=O) groups excluding carboxylic acids is 1. The largest absolute Gasteiger partial charge is 0.497 e. The number of anilines is 1. The maximum Gasteiger partial charge on any atom is 0.239 e. The van der Waals surface area contributed by atoms with E-state index in [4.69, 9.17) is 14.2 Å². The van der Waals surface area contributed by atoms with Gasteiger partial charge in [0.2, 0.25) is 15.9 Å². The molecular formula is C16H24N2O6S. The number of hydrogen-bond donors (Lipinski definition) is 1. The molecule has 1 aliphatic heterocycles. The second kappa shape index (κ2) is 8.50. The first-order chi connectivity index (χ1) is 11.8. The number of nitrogens with one attached hydrogen (secondary N) is 1. The predicted octanol–water partition coefficient (Wildman–Crippen LogP) is 1.08. The summed E-state index contributed by atoms with van der Waals surface area (Å²) in [6.07, 6.45) is 2.61. The summed E-state index contributed by atoms with van der Waals surface area (Å²) in [6.45, 7) is 0.511. The third kappa shape index (κ3) is 5.58. The lowest BCUT2D eigenvalue weighted by molar-refractivity contribution is -0.116. The number of sulfonamides is 1. The smallest absolute Gasteiger partial charge is 0.239 e. The van der Waals surface area contributed by atoms with Gasteiger partial charge in [-0.2, -0.15) is 4.31 Å². The Morgan fingerprint density at radius 2 is 2.12 bits per heavy atom. The molecule has 1 heterocycles. The topological polar surface area (TPSA) is 94.2 Å². The SMILES string of the molecule is COc1ccc(NC(=O)CN(CC2CCCO2)S(C)(=O)=O)c(OC)c1. The Morgan fingerprint density at radius 3 is 2.68 bits per heavy atom. The molecule has 2 rings (SSSR count). The summed E-state index contributed by atoms with van der Waals surface area (Å²) in [4.78, 5) is 12.3. The van der Waals surface area contributed by atoms with Crippen LogP contribution in [0.5, 0.6) is 11.5 Å². The van der Waals surface area contributed by atoms with Crippen LogP contribution in [0.25, 0.3) is 0 Å². The van der Waals surface area contributed by atoms with E-state index in [1.54, 1.807) is 18.2 Å². The Labute approximate surface area is 148 Å². The zero-order valence-corrected chi connectivity index (χ0v) is 15.5. The highest BCUT2D eigenvalue weighted by Gasteiger charge is 2.26. The quantitative estimate of drug-likeness (QED) is 0.734. The van der Waals surface area contributed by atoms with Gasteiger partial charge in [0.05, 0.1) is 38.8 Å². The third-order valence-electron chi connectivity index (χ3n) is 3.90. The van der Waals surface area contributed by atoms with Crippen molar-refractivity contribution in [3.05, 3.63) is 18.2 Å². The lowest BCUT2D eigenvalue weighted by atomic mass is 10.2. The molecule has 1 N–H and O–H groups in total. The van der Waals surface area contributed by atoms with Gasteiger partial charge in [-0.1, -0.05) is 0 Å². The number of amides is 1. The number of rotatable bonds is 8. The Bertz CT molecular complexity index is 701. The second-order valence-corrected chi connectivity index (χ2v) is 7.79. The van der Waals surface area contributed by atoms with E-state index in [2.05, 4.69) is 5.32 Å². The standard InChI is InChI=1S/C16H24N2O6S/c1-22-12-6-7-14(15(9-12)23-2)17-16(19)11-18(25(3,20)21)10-13-5-4-8-24-13/h6-7,9,13H,4-5,8,10-11H2,1-3H3,(H,17,19). The molecule has 0 bridgehead atoms. The van der Waals surface area contributed by atoms with Crippen LogP contribution < -0.4 is 14.8 Å². The van der Waals surface area contributed by atoms with Gasteiger partial charge in [0, 0.05) is 19.2 Å². The van der Waals surface area contributed by atoms with Crippen molar-refractivity contribution in [3.8, 4) is 11.5 Å². The Balaban J connectivity index is 2.05. The molecule has 1 saturated heterocycles. The average Bonchev–Trinajstić information content (AvgIpc) is 3.07. The molecule has 1 unspecified atom stereocenters. The molecular weight excluding hydrogens is 348 g/mol. The van der Waals surface area contributed by atoms with Gasteiger partial charge in [0.1, 0.15) is 11.5 Å². The van der Waals surface area contributed by atoms with Crippen LogP contribution in [-0.2, 0) is 19.6 Å². The molecule has 1 amide bonds. The van der Waals surface area contributed by atoms with Crippen LogP contribution in [0.15, 0.2) is 18.2 Å². The highest BCUT2D eigenvalue weighted by atomic mass is 32.2. The van der Waals surface area contributed by atoms with Crippen LogP contribution in [0.4, 0.5) is 5.69 Å². The average molecular weight is 372 g/mol. The van der Waals surface area contributed by atoms with Crippen molar-refractivity contribution < 1.29 is 27.4 Å². The fourth-order valence-corrected chi connectivity index (χ4v) is 3.37. The van der Waals surface area contributed by atoms with Crippen molar-refractivity contribution in [1.29, 1.82) is 0 Å². The van der Waals surface area contributed by atoms with Gasteiger partial charge >= 0.3 is 0 Å². The molecule has 25 heavy (non-hydrogen) atoms. The number of methoxy groups -OCH3 is 2. The highest BCUT2D eigenvalue weighted by molar-refractivity contribution is 7.88. The number of nitrogens with zero attached hydrogens (tertiary/aromatic N) is 1. The van der Waals surface area contributed by atoms with Crippen molar-refractivity contribution in [2.45, 2.75) is 18.9 Å². The number of hydrogen-bond acceptors (Lipinski definition) is 6. The molecule has 1 aromatic carbocycles. The molecule has 0 aromatic heterocycles. The fourth-order valence-electron chi connectivity index (χ4n) is 2.58. The van der Waals surface area contributed by atoms with E-state index in [0.29, 0.717) is 23.8 Å². The summed E-state index contributed by atoms with van der Waals surface area (Å²) in [5.74, 6) is 0.565. The highest BCUT2D eigenvalue weighted by Crippen LogP contribution is 2.29. The lowest BCUT2D eigenvalue weighted by Gasteiger charge is -2.22. The van der Waals surface area contributed by atoms with Crippen LogP contribution in [0.1, 0.15) is 12.8 Å². The molecule has 0 aliphatic carbocycles. The van der Waals surface area contributed by atoms with Crippen LogP contribution in [0.3, 0.4) is 0 Å². The Morgan fingerprint density at radius 1 is 1.36 bits per heavy atom. The van der Waals surface area contributed by atoms with Crippen molar-refractivity contribution in [1.82, 2.24) is 4.31 Å². The van der Waals surface area contributed by atoms with E-state index in [1.807, 2.05) is 0 Å². The molecule has 9 heteroatoms. The maximum atomic E-state index is 12.3. The van der Waals surface area contributed by atoms with Crippen molar-refractivity contribution in [2.75, 3.05) is 45.5 Å². The second-order valence-electron chi connectivity index (χ2n) is 5.80. The van der Waals surface area contributed by atoms with Gasteiger partial charge in [-0.25, -0.2) is 8.42 Å². The van der Waals surface area contributed by atoms with Crippen molar-refractivity contribution >= 4 is 21.6 Å². The monoisotopic (exact) mass is 372 g/mol. The first-order valence-electron chi connectivity index (χ1n) is 7.92. The van der Waals surface area contributed by atoms with E-state index in [9.17, 15) is 13.2 Å². The van der Waals surface area contributed by atoms with Crippen molar-refractivity contribution in [3.63, 3.8) is 0 Å². The van der Waals surface area contributed by atoms with Gasteiger partial charge in [-0.15, -0.1) is 0 Å². The van der Waals surface area contributed by atoms with Gasteiger partial charge < -0.3 is 19.5 Å². The van der Waals surface area contributed by atoms with E-state index >= 15 is 0 Å². The van der Waals surface area contributed by atoms with Gasteiger partial charge in [0.15, 0.2) is 0 Å². The van der Waals surface area contributed by atoms with Crippen LogP contribution in [-0.4, -0.2) is 64.9 Å². The van der Waals surface area contributed by atoms with Gasteiger partial charge in [-0.3, -0.25) is 4.79 Å². The summed E-state index contributed by atoms with van der Waals surface area (Å²) in [6, 6.07) is 4.95. The summed E-state index contributed by atoms with van der Waals surface area (Å²) in [5.41, 5.74) is 0.443. The summed E-state index contributed by atoms with van der Waals surface area (Å²) in [7, 11) is -0.518. The van der Waals surface area contributed by atoms with E-state index < -0.39 is 15.9 Å². The molecule has 1 aromatic rings. The zero-order valence-electron chi connectivity index (χ0n) is 14.6. The van der Waals surface area contributed by atoms with Crippen LogP contribution in [0, 0.1) is 0 Å². The maximum absolute atomic E-state index is 12.3. The molecule has 8 nitrogen and oxygen atoms in total. The summed E-state index contributed by atoms with van der Waals surface area (Å²) >= 11 is 0. The first kappa shape index (κ1) is 19.5. The molecule has 0 spiro atoms. The number of carbonyl (C=O) groups is 1. The number of ether oxygens (including phenoxy) is 3. The minimum absolute atomic E-state index is 0.168. The predicted molar refractivity (Wildman–Crippen MR) is 93.6 cm³/mol. The molecule has 0 saturated carbocycles. The van der Waals surface area contributed by atoms with Crippen LogP contribution >= 0.6 is 0 Å². The molecule has 1 fully saturated rings. The Kier molecular flexibility index (Phi) is 6.63. The first-order valence-corrected chi connectivity index (χ1v) is 9.77. The summed E-state index contributed by atoms with van der Waals surface area (Å²) in [5, 5.41) is 2.67. The lowest BCUT2D eigenvalue weighted by Crippen LogP contribution is -2.41. The van der Waals surface area contributed by atoms with Gasteiger partial charge in [0.25, 0.3) is 0 Å². The van der Waals surface area contributed by atoms with E-state index in [1.165, 1.54) is 14.2 Å². The Hall–Kier alpha value is -1.84. The molecule has 0 radical (unpaired) electrons. The molecule has 1 aliphatic rings. The van der Waals surface area contributed by atoms with Gasteiger partial charge in [-0.05, 0) is 25.0 Å². The van der Waals surface area contributed by atoms with Crippen molar-refractivity contribution in [2.24, 2.45) is 0 Å². The van der Waals surface area contributed by atoms with Crippen LogP contribution in [0.2, 0.25) is 0 Å². The number of benzene rings is 1. The molecule has 1 atom stereocenters. The summed E-state index contributed by atoms with van der Waals surface area (Å²) < 4.78 is 40.9. The molecule has 140 valence electrons.